The van der Waals surface area contributed by atoms with E-state index in [0.29, 0.717) is 5.13 Å². The minimum Gasteiger partial charge on any atom is -0.300 e. The molecule has 2 aliphatic carbocycles. The molecule has 3 aliphatic rings. The molecular weight excluding hydrogens is 374 g/mol. The first-order valence-corrected chi connectivity index (χ1v) is 10.2. The molecule has 142 valence electrons. The third-order valence-corrected chi connectivity index (χ3v) is 6.80. The Labute approximate surface area is 166 Å². The first-order chi connectivity index (χ1) is 13.6. The highest BCUT2D eigenvalue weighted by Crippen LogP contribution is 2.52. The quantitative estimate of drug-likeness (QED) is 0.625. The van der Waals surface area contributed by atoms with Gasteiger partial charge in [-0.15, -0.1) is 11.3 Å². The number of fused-ring (bicyclic) bond motifs is 5. The molecule has 7 heteroatoms. The summed E-state index contributed by atoms with van der Waals surface area (Å²) in [6, 6.07) is 10.0. The van der Waals surface area contributed by atoms with E-state index in [1.165, 1.54) is 16.9 Å². The van der Waals surface area contributed by atoms with Crippen LogP contribution in [-0.4, -0.2) is 34.2 Å². The molecule has 4 atom stereocenters. The van der Waals surface area contributed by atoms with Gasteiger partial charge in [0.2, 0.25) is 17.7 Å². The van der Waals surface area contributed by atoms with E-state index in [0.717, 1.165) is 22.6 Å². The van der Waals surface area contributed by atoms with Crippen molar-refractivity contribution < 1.29 is 14.4 Å². The van der Waals surface area contributed by atoms with Crippen molar-refractivity contribution in [3.05, 3.63) is 59.1 Å². The van der Waals surface area contributed by atoms with Crippen LogP contribution in [0.15, 0.2) is 48.7 Å². The van der Waals surface area contributed by atoms with Crippen LogP contribution in [0.2, 0.25) is 0 Å². The minimum atomic E-state index is -0.386. The monoisotopic (exact) mass is 393 g/mol. The van der Waals surface area contributed by atoms with E-state index in [9.17, 15) is 14.4 Å². The number of imide groups is 1. The van der Waals surface area contributed by atoms with Gasteiger partial charge in [-0.25, -0.2) is 4.98 Å². The fraction of sp³-hybridized carbons (Fsp3) is 0.333. The fourth-order valence-corrected chi connectivity index (χ4v) is 5.53. The number of nitrogens with one attached hydrogen (secondary N) is 1. The minimum absolute atomic E-state index is 0.152. The maximum atomic E-state index is 12.7. The van der Waals surface area contributed by atoms with Crippen LogP contribution in [0.25, 0.3) is 0 Å². The Morgan fingerprint density at radius 2 is 1.79 bits per heavy atom. The van der Waals surface area contributed by atoms with Crippen molar-refractivity contribution in [1.29, 1.82) is 0 Å². The summed E-state index contributed by atoms with van der Waals surface area (Å²) in [6.07, 6.45) is 7.47. The molecule has 1 aromatic carbocycles. The van der Waals surface area contributed by atoms with Crippen molar-refractivity contribution in [2.45, 2.75) is 12.8 Å². The van der Waals surface area contributed by atoms with Gasteiger partial charge in [0, 0.05) is 17.5 Å². The average molecular weight is 393 g/mol. The Bertz CT molecular complexity index is 954. The molecule has 1 saturated heterocycles. The lowest BCUT2D eigenvalue weighted by atomic mass is 9.85. The smallest absolute Gasteiger partial charge is 0.246 e. The van der Waals surface area contributed by atoms with Crippen LogP contribution in [0, 0.1) is 23.7 Å². The molecule has 1 saturated carbocycles. The second kappa shape index (κ2) is 6.67. The summed E-state index contributed by atoms with van der Waals surface area (Å²) in [4.78, 5) is 44.2. The van der Waals surface area contributed by atoms with Gasteiger partial charge in [-0.2, -0.15) is 0 Å². The fourth-order valence-electron chi connectivity index (χ4n) is 4.67. The van der Waals surface area contributed by atoms with Gasteiger partial charge in [0.05, 0.1) is 11.8 Å². The molecule has 6 nitrogen and oxygen atoms in total. The Kier molecular flexibility index (Phi) is 4.12. The number of carbonyl (C=O) groups is 3. The number of hydrogen-bond donors (Lipinski definition) is 1. The first-order valence-electron chi connectivity index (χ1n) is 9.42. The van der Waals surface area contributed by atoms with Gasteiger partial charge in [0.25, 0.3) is 0 Å². The average Bonchev–Trinajstić information content (AvgIpc) is 3.45. The molecule has 4 unspecified atom stereocenters. The van der Waals surface area contributed by atoms with E-state index in [1.807, 2.05) is 42.5 Å². The third-order valence-electron chi connectivity index (χ3n) is 5.88. The van der Waals surface area contributed by atoms with Gasteiger partial charge in [0.15, 0.2) is 5.13 Å². The Hall–Kier alpha value is -2.80. The number of aromatic nitrogens is 1. The molecule has 1 aromatic heterocycles. The van der Waals surface area contributed by atoms with Crippen LogP contribution in [0.4, 0.5) is 5.13 Å². The van der Waals surface area contributed by atoms with E-state index in [4.69, 9.17) is 0 Å². The summed E-state index contributed by atoms with van der Waals surface area (Å²) < 4.78 is 0. The molecule has 3 amide bonds. The maximum Gasteiger partial charge on any atom is 0.246 e. The number of nitrogens with zero attached hydrogens (tertiary/aromatic N) is 2. The van der Waals surface area contributed by atoms with Crippen molar-refractivity contribution in [2.75, 3.05) is 11.9 Å². The predicted molar refractivity (Wildman–Crippen MR) is 104 cm³/mol. The van der Waals surface area contributed by atoms with Gasteiger partial charge in [-0.1, -0.05) is 42.5 Å². The van der Waals surface area contributed by atoms with Gasteiger partial charge >= 0.3 is 0 Å². The summed E-state index contributed by atoms with van der Waals surface area (Å²) in [5.41, 5.74) is 1.17. The van der Waals surface area contributed by atoms with Gasteiger partial charge < -0.3 is 5.32 Å². The van der Waals surface area contributed by atoms with Crippen molar-refractivity contribution in [3.63, 3.8) is 0 Å². The van der Waals surface area contributed by atoms with Crippen LogP contribution in [0.1, 0.15) is 16.9 Å². The summed E-state index contributed by atoms with van der Waals surface area (Å²) in [6.45, 7) is -0.238. The number of likely N-dealkylation sites (tertiary alicyclic amines) is 1. The molecule has 28 heavy (non-hydrogen) atoms. The Morgan fingerprint density at radius 3 is 2.46 bits per heavy atom. The van der Waals surface area contributed by atoms with Crippen molar-refractivity contribution >= 4 is 34.2 Å². The number of hydrogen-bond acceptors (Lipinski definition) is 5. The zero-order valence-electron chi connectivity index (χ0n) is 15.1. The number of thiazole rings is 1. The van der Waals surface area contributed by atoms with Crippen molar-refractivity contribution in [1.82, 2.24) is 9.88 Å². The molecule has 1 aliphatic heterocycles. The third kappa shape index (κ3) is 2.86. The largest absolute Gasteiger partial charge is 0.300 e. The molecule has 1 N–H and O–H groups in total. The van der Waals surface area contributed by atoms with Gasteiger partial charge in [-0.3, -0.25) is 19.3 Å². The normalized spacial score (nSPS) is 27.5. The van der Waals surface area contributed by atoms with Crippen LogP contribution >= 0.6 is 11.3 Å². The molecular formula is C21H19N3O3S. The lowest BCUT2D eigenvalue weighted by molar-refractivity contribution is -0.143. The number of benzene rings is 1. The number of anilines is 1. The van der Waals surface area contributed by atoms with Crippen LogP contribution in [0.5, 0.6) is 0 Å². The topological polar surface area (TPSA) is 79.4 Å². The molecule has 2 bridgehead atoms. The van der Waals surface area contributed by atoms with E-state index < -0.39 is 0 Å². The SMILES string of the molecule is O=C(CN1C(=O)C2C3C=CC(C3)C2C1=O)Nc1ncc(Cc2ccccc2)s1. The number of amides is 3. The summed E-state index contributed by atoms with van der Waals surface area (Å²) in [5, 5.41) is 3.21. The number of allylic oxidation sites excluding steroid dienone is 2. The van der Waals surface area contributed by atoms with E-state index in [2.05, 4.69) is 10.3 Å². The van der Waals surface area contributed by atoms with Crippen LogP contribution in [0.3, 0.4) is 0 Å². The number of rotatable bonds is 5. The molecule has 2 fully saturated rings. The Balaban J connectivity index is 1.21. The van der Waals surface area contributed by atoms with Crippen LogP contribution in [-0.2, 0) is 20.8 Å². The molecule has 2 aromatic rings. The summed E-state index contributed by atoms with van der Waals surface area (Å²) in [7, 11) is 0. The van der Waals surface area contributed by atoms with Gasteiger partial charge in [-0.05, 0) is 23.8 Å². The molecule has 5 rings (SSSR count). The molecule has 2 heterocycles. The van der Waals surface area contributed by atoms with Gasteiger partial charge in [0.1, 0.15) is 6.54 Å². The standard InChI is InChI=1S/C21H19N3O3S/c25-16(23-21-22-10-15(28-21)8-12-4-2-1-3-5-12)11-24-19(26)17-13-6-7-14(9-13)18(17)20(24)27/h1-7,10,13-14,17-18H,8-9,11H2,(H,22,23,25). The Morgan fingerprint density at radius 1 is 1.11 bits per heavy atom. The van der Waals surface area contributed by atoms with Crippen LogP contribution < -0.4 is 5.32 Å². The lowest BCUT2D eigenvalue weighted by Gasteiger charge is -2.16. The lowest BCUT2D eigenvalue weighted by Crippen LogP contribution is -2.39. The highest BCUT2D eigenvalue weighted by Gasteiger charge is 2.59. The second-order valence-corrected chi connectivity index (χ2v) is 8.72. The highest BCUT2D eigenvalue weighted by molar-refractivity contribution is 7.15. The highest BCUT2D eigenvalue weighted by atomic mass is 32.1. The summed E-state index contributed by atoms with van der Waals surface area (Å²) >= 11 is 1.40. The van der Waals surface area contributed by atoms with E-state index in [1.54, 1.807) is 6.20 Å². The van der Waals surface area contributed by atoms with Crippen molar-refractivity contribution in [2.24, 2.45) is 23.7 Å². The maximum absolute atomic E-state index is 12.7. The van der Waals surface area contributed by atoms with E-state index in [-0.39, 0.29) is 47.9 Å². The first kappa shape index (κ1) is 17.3. The zero-order valence-corrected chi connectivity index (χ0v) is 15.9. The zero-order chi connectivity index (χ0) is 19.3. The second-order valence-electron chi connectivity index (χ2n) is 7.60. The van der Waals surface area contributed by atoms with E-state index >= 15 is 0 Å². The van der Waals surface area contributed by atoms with Crippen molar-refractivity contribution in [3.8, 4) is 0 Å². The number of carbonyl (C=O) groups excluding carboxylic acids is 3. The molecule has 0 radical (unpaired) electrons. The summed E-state index contributed by atoms with van der Waals surface area (Å²) in [5.74, 6) is -1.03. The molecule has 0 spiro atoms. The predicted octanol–water partition coefficient (Wildman–Crippen LogP) is 2.48.